The number of para-hydroxylation sites is 1. The number of rotatable bonds is 18. The minimum absolute atomic E-state index is 0.0774. The molecule has 0 radical (unpaired) electrons. The molecule has 65 heavy (non-hydrogen) atoms. The van der Waals surface area contributed by atoms with E-state index in [1.807, 2.05) is 18.2 Å². The maximum absolute atomic E-state index is 16.3. The number of esters is 2. The molecular formula is C47H49F2N4O11P. The van der Waals surface area contributed by atoms with E-state index >= 15 is 8.78 Å². The number of nitrogens with two attached hydrogens (primary N) is 1. The van der Waals surface area contributed by atoms with Gasteiger partial charge < -0.3 is 25.8 Å². The fourth-order valence-corrected chi connectivity index (χ4v) is 8.83. The lowest BCUT2D eigenvalue weighted by Gasteiger charge is -2.28. The van der Waals surface area contributed by atoms with Gasteiger partial charge in [0.2, 0.25) is 37.2 Å². The number of benzene rings is 4. The fraction of sp³-hybridized carbons (Fsp3) is 0.319. The normalized spacial score (nSPS) is 16.5. The van der Waals surface area contributed by atoms with Crippen LogP contribution in [0.15, 0.2) is 97.1 Å². The summed E-state index contributed by atoms with van der Waals surface area (Å²) in [6.45, 7) is 4.14. The molecule has 3 atom stereocenters. The Morgan fingerprint density at radius 2 is 1.43 bits per heavy atom. The van der Waals surface area contributed by atoms with Crippen LogP contribution in [-0.4, -0.2) is 67.3 Å². The van der Waals surface area contributed by atoms with Crippen molar-refractivity contribution in [2.24, 2.45) is 5.73 Å². The molecule has 3 unspecified atom stereocenters. The quantitative estimate of drug-likeness (QED) is 0.0411. The molecule has 0 spiro atoms. The van der Waals surface area contributed by atoms with E-state index in [2.05, 4.69) is 10.6 Å². The average molecular weight is 915 g/mol. The number of carbonyl (C=O) groups excluding carboxylic acids is 6. The monoisotopic (exact) mass is 914 g/mol. The molecule has 0 bridgehead atoms. The zero-order valence-corrected chi connectivity index (χ0v) is 37.0. The van der Waals surface area contributed by atoms with Gasteiger partial charge in [-0.25, -0.2) is 9.59 Å². The summed E-state index contributed by atoms with van der Waals surface area (Å²) in [7, 11) is -5.65. The van der Waals surface area contributed by atoms with Crippen LogP contribution in [0.2, 0.25) is 0 Å². The number of amides is 4. The first-order chi connectivity index (χ1) is 30.9. The first-order valence-electron chi connectivity index (χ1n) is 20.7. The zero-order chi connectivity index (χ0) is 47.1. The molecule has 4 aromatic rings. The molecule has 4 aromatic carbocycles. The van der Waals surface area contributed by atoms with Gasteiger partial charge in [0.25, 0.3) is 0 Å². The van der Waals surface area contributed by atoms with E-state index in [0.717, 1.165) is 23.3 Å². The summed E-state index contributed by atoms with van der Waals surface area (Å²) in [5, 5.41) is 5.62. The molecule has 4 amide bonds. The molecule has 4 N–H and O–H groups in total. The molecule has 15 nitrogen and oxygen atoms in total. The van der Waals surface area contributed by atoms with Gasteiger partial charge in [0.15, 0.2) is 0 Å². The van der Waals surface area contributed by atoms with E-state index in [9.17, 15) is 33.3 Å². The Kier molecular flexibility index (Phi) is 15.1. The Morgan fingerprint density at radius 1 is 0.862 bits per heavy atom. The summed E-state index contributed by atoms with van der Waals surface area (Å²) in [4.78, 5) is 79.2. The second kappa shape index (κ2) is 20.5. The van der Waals surface area contributed by atoms with Gasteiger partial charge in [0.1, 0.15) is 12.1 Å². The van der Waals surface area contributed by atoms with Crippen molar-refractivity contribution in [3.8, 4) is 0 Å². The molecule has 2 aliphatic heterocycles. The third-order valence-electron chi connectivity index (χ3n) is 11.2. The largest absolute Gasteiger partial charge is 0.434 e. The van der Waals surface area contributed by atoms with Crippen LogP contribution in [0.25, 0.3) is 5.57 Å². The topological polar surface area (TPSA) is 210 Å². The highest BCUT2D eigenvalue weighted by atomic mass is 31.2. The highest BCUT2D eigenvalue weighted by Crippen LogP contribution is 2.67. The minimum Gasteiger partial charge on any atom is -0.434 e. The second-order valence-corrected chi connectivity index (χ2v) is 17.9. The van der Waals surface area contributed by atoms with E-state index < -0.39 is 86.1 Å². The molecule has 0 saturated carbocycles. The molecule has 0 aromatic heterocycles. The van der Waals surface area contributed by atoms with Crippen LogP contribution in [0.1, 0.15) is 87.2 Å². The summed E-state index contributed by atoms with van der Waals surface area (Å²) in [5.74, 6) is -3.92. The molecular weight excluding hydrogens is 866 g/mol. The SMILES string of the molecule is C/C(=C\C(=O)NC1CCc2cccc3c2N(C1=O)C(C(=O)NC(C)CCC(N)=O)C3)c1ccc(C(F)(F)P(=O)(OCOC(=O)c2ccccc2C)OCOC(=O)c2ccccc2C)cc1. The molecule has 2 heterocycles. The predicted octanol–water partition coefficient (Wildman–Crippen LogP) is 6.77. The first kappa shape index (κ1) is 47.9. The Bertz CT molecular complexity index is 2500. The number of aryl methyl sites for hydroxylation is 3. The number of hydrogen-bond acceptors (Lipinski definition) is 11. The Hall–Kier alpha value is -6.55. The smallest absolute Gasteiger partial charge is 0.410 e. The molecule has 2 aliphatic rings. The lowest BCUT2D eigenvalue weighted by Crippen LogP contribution is -2.55. The number of nitrogens with one attached hydrogen (secondary N) is 2. The lowest BCUT2D eigenvalue weighted by molar-refractivity contribution is -0.128. The van der Waals surface area contributed by atoms with Crippen molar-refractivity contribution in [3.63, 3.8) is 0 Å². The van der Waals surface area contributed by atoms with Gasteiger partial charge in [-0.15, -0.1) is 0 Å². The number of halogens is 2. The fourth-order valence-electron chi connectivity index (χ4n) is 7.59. The summed E-state index contributed by atoms with van der Waals surface area (Å²) in [6, 6.07) is 20.3. The van der Waals surface area contributed by atoms with Crippen molar-refractivity contribution in [1.29, 1.82) is 0 Å². The minimum atomic E-state index is -5.65. The molecule has 0 saturated heterocycles. The van der Waals surface area contributed by atoms with E-state index in [-0.39, 0.29) is 30.4 Å². The van der Waals surface area contributed by atoms with E-state index in [1.165, 1.54) is 35.2 Å². The van der Waals surface area contributed by atoms with Crippen LogP contribution < -0.4 is 21.3 Å². The van der Waals surface area contributed by atoms with Gasteiger partial charge in [-0.2, -0.15) is 8.78 Å². The van der Waals surface area contributed by atoms with Gasteiger partial charge in [0, 0.05) is 30.5 Å². The predicted molar refractivity (Wildman–Crippen MR) is 234 cm³/mol. The Labute approximate surface area is 374 Å². The number of carbonyl (C=O) groups is 6. The first-order valence-corrected chi connectivity index (χ1v) is 22.3. The van der Waals surface area contributed by atoms with E-state index in [0.29, 0.717) is 40.8 Å². The van der Waals surface area contributed by atoms with Crippen molar-refractivity contribution in [2.75, 3.05) is 18.5 Å². The zero-order valence-electron chi connectivity index (χ0n) is 36.1. The maximum atomic E-state index is 16.3. The van der Waals surface area contributed by atoms with Gasteiger partial charge in [-0.3, -0.25) is 37.7 Å². The van der Waals surface area contributed by atoms with Gasteiger partial charge in [-0.05, 0) is 92.5 Å². The average Bonchev–Trinajstić information content (AvgIpc) is 3.61. The van der Waals surface area contributed by atoms with Crippen LogP contribution in [-0.2, 0) is 60.8 Å². The number of ether oxygens (including phenoxy) is 2. The Balaban J connectivity index is 1.15. The van der Waals surface area contributed by atoms with Crippen molar-refractivity contribution >= 4 is 54.4 Å². The van der Waals surface area contributed by atoms with Crippen LogP contribution >= 0.6 is 7.60 Å². The van der Waals surface area contributed by atoms with Crippen LogP contribution in [0.4, 0.5) is 14.5 Å². The van der Waals surface area contributed by atoms with Crippen LogP contribution in [0.3, 0.4) is 0 Å². The maximum Gasteiger partial charge on any atom is 0.410 e. The van der Waals surface area contributed by atoms with Crippen molar-refractivity contribution < 1.29 is 60.6 Å². The molecule has 6 rings (SSSR count). The van der Waals surface area contributed by atoms with Crippen LogP contribution in [0, 0.1) is 13.8 Å². The van der Waals surface area contributed by atoms with Crippen molar-refractivity contribution in [3.05, 3.63) is 142 Å². The standard InChI is InChI=1S/C47H49F2N4O11P/c1-28-10-5-7-14-36(28)45(58)61-26-63-65(60,64-27-62-46(59)37-15-8-6-11-29(37)2)47(48,49)35-20-17-32(18-21-35)30(3)24-41(55)52-38-22-19-33-12-9-13-34-25-39(53(42(33)34)44(38)57)43(56)51-31(4)16-23-40(50)54/h5-15,17-18,20-21,24,31,38-39H,16,19,22-23,25-27H2,1-4H3,(H2,50,54)(H,51,56)(H,52,55)/b30-24+. The summed E-state index contributed by atoms with van der Waals surface area (Å²) in [5.41, 5.74) is 4.25. The van der Waals surface area contributed by atoms with E-state index in [1.54, 1.807) is 64.1 Å². The van der Waals surface area contributed by atoms with Gasteiger partial charge in [-0.1, -0.05) is 78.9 Å². The van der Waals surface area contributed by atoms with Crippen molar-refractivity contribution in [2.45, 2.75) is 83.6 Å². The second-order valence-electron chi connectivity index (χ2n) is 15.8. The van der Waals surface area contributed by atoms with Crippen molar-refractivity contribution in [1.82, 2.24) is 10.6 Å². The summed E-state index contributed by atoms with van der Waals surface area (Å²) in [6.07, 6.45) is 2.52. The van der Waals surface area contributed by atoms with E-state index in [4.69, 9.17) is 24.3 Å². The number of primary amides is 1. The molecule has 342 valence electrons. The highest BCUT2D eigenvalue weighted by molar-refractivity contribution is 7.54. The number of allylic oxidation sites excluding steroid dienone is 1. The summed E-state index contributed by atoms with van der Waals surface area (Å²) < 4.78 is 66.7. The molecule has 0 fully saturated rings. The van der Waals surface area contributed by atoms with Gasteiger partial charge in [0.05, 0.1) is 16.8 Å². The summed E-state index contributed by atoms with van der Waals surface area (Å²) >= 11 is 0. The molecule has 0 aliphatic carbocycles. The third-order valence-corrected chi connectivity index (χ3v) is 13.0. The number of nitrogens with zero attached hydrogens (tertiary/aromatic N) is 1. The van der Waals surface area contributed by atoms with Crippen LogP contribution in [0.5, 0.6) is 0 Å². The number of anilines is 1. The Morgan fingerprint density at radius 3 is 2.00 bits per heavy atom. The third kappa shape index (κ3) is 11.0. The molecule has 18 heteroatoms. The lowest BCUT2D eigenvalue weighted by atomic mass is 10.0. The highest BCUT2D eigenvalue weighted by Gasteiger charge is 2.56. The number of alkyl halides is 2. The number of hydrogen-bond donors (Lipinski definition) is 3. The van der Waals surface area contributed by atoms with Gasteiger partial charge >= 0.3 is 25.2 Å².